The number of rotatable bonds is 4. The normalized spacial score (nSPS) is 17.1. The highest BCUT2D eigenvalue weighted by Gasteiger charge is 2.17. The van der Waals surface area contributed by atoms with Crippen LogP contribution < -0.4 is 10.6 Å². The van der Waals surface area contributed by atoms with Gasteiger partial charge in [-0.25, -0.2) is 4.98 Å². The minimum Gasteiger partial charge on any atom is -0.359 e. The third kappa shape index (κ3) is 3.19. The monoisotopic (exact) mass is 233 g/mol. The minimum atomic E-state index is 0.568. The molecule has 1 aliphatic rings. The van der Waals surface area contributed by atoms with E-state index in [1.165, 1.54) is 32.1 Å². The highest BCUT2D eigenvalue weighted by atomic mass is 15.2. The van der Waals surface area contributed by atoms with Crippen LogP contribution in [0, 0.1) is 5.92 Å². The first-order valence-corrected chi connectivity index (χ1v) is 6.66. The maximum atomic E-state index is 5.75. The number of nitrogens with zero attached hydrogens (tertiary/aromatic N) is 2. The lowest BCUT2D eigenvalue weighted by molar-refractivity contribution is 0.361. The Morgan fingerprint density at radius 3 is 2.82 bits per heavy atom. The molecule has 0 aromatic carbocycles. The van der Waals surface area contributed by atoms with E-state index in [2.05, 4.69) is 23.0 Å². The van der Waals surface area contributed by atoms with Gasteiger partial charge in [-0.05, 0) is 24.8 Å². The van der Waals surface area contributed by atoms with Gasteiger partial charge in [0.25, 0.3) is 0 Å². The Labute approximate surface area is 104 Å². The summed E-state index contributed by atoms with van der Waals surface area (Å²) >= 11 is 0. The Hall–Kier alpha value is -1.09. The predicted molar refractivity (Wildman–Crippen MR) is 72.0 cm³/mol. The van der Waals surface area contributed by atoms with Crippen LogP contribution in [0.2, 0.25) is 0 Å². The van der Waals surface area contributed by atoms with Gasteiger partial charge < -0.3 is 10.6 Å². The molecule has 0 atom stereocenters. The number of hydrogen-bond donors (Lipinski definition) is 1. The largest absolute Gasteiger partial charge is 0.359 e. The molecule has 3 nitrogen and oxygen atoms in total. The molecular formula is C14H23N3. The fourth-order valence-electron chi connectivity index (χ4n) is 2.78. The van der Waals surface area contributed by atoms with Gasteiger partial charge in [0.05, 0.1) is 0 Å². The van der Waals surface area contributed by atoms with Crippen LogP contribution in [0.5, 0.6) is 0 Å². The number of nitrogens with two attached hydrogens (primary N) is 1. The number of aromatic nitrogens is 1. The summed E-state index contributed by atoms with van der Waals surface area (Å²) in [5.41, 5.74) is 6.90. The summed E-state index contributed by atoms with van der Waals surface area (Å²) in [5.74, 6) is 1.89. The summed E-state index contributed by atoms with van der Waals surface area (Å²) in [5, 5.41) is 0. The van der Waals surface area contributed by atoms with Crippen LogP contribution >= 0.6 is 0 Å². The van der Waals surface area contributed by atoms with Crippen molar-refractivity contribution in [3.63, 3.8) is 0 Å². The van der Waals surface area contributed by atoms with Crippen LogP contribution in [0.3, 0.4) is 0 Å². The lowest BCUT2D eigenvalue weighted by Gasteiger charge is -2.28. The van der Waals surface area contributed by atoms with Crippen molar-refractivity contribution >= 4 is 5.82 Å². The highest BCUT2D eigenvalue weighted by molar-refractivity contribution is 5.45. The van der Waals surface area contributed by atoms with Gasteiger partial charge in [-0.3, -0.25) is 0 Å². The van der Waals surface area contributed by atoms with E-state index >= 15 is 0 Å². The molecule has 0 saturated heterocycles. The Kier molecular flexibility index (Phi) is 4.37. The molecule has 1 heterocycles. The van der Waals surface area contributed by atoms with Crippen molar-refractivity contribution in [1.29, 1.82) is 0 Å². The lowest BCUT2D eigenvalue weighted by atomic mass is 9.89. The standard InChI is InChI=1S/C14H23N3/c1-17(11-12-6-3-2-4-7-12)14-13(10-15)8-5-9-16-14/h5,8-9,12H,2-4,6-7,10-11,15H2,1H3. The smallest absolute Gasteiger partial charge is 0.132 e. The molecule has 94 valence electrons. The molecule has 1 fully saturated rings. The SMILES string of the molecule is CN(CC1CCCCC1)c1ncccc1CN. The second kappa shape index (κ2) is 6.01. The molecule has 1 saturated carbocycles. The number of pyridine rings is 1. The zero-order chi connectivity index (χ0) is 12.1. The number of anilines is 1. The van der Waals surface area contributed by atoms with Gasteiger partial charge in [-0.2, -0.15) is 0 Å². The molecule has 2 rings (SSSR count). The molecule has 0 unspecified atom stereocenters. The van der Waals surface area contributed by atoms with Crippen LogP contribution in [0.25, 0.3) is 0 Å². The predicted octanol–water partition coefficient (Wildman–Crippen LogP) is 2.56. The summed E-state index contributed by atoms with van der Waals surface area (Å²) in [6.07, 6.45) is 8.79. The van der Waals surface area contributed by atoms with Crippen molar-refractivity contribution in [2.75, 3.05) is 18.5 Å². The summed E-state index contributed by atoms with van der Waals surface area (Å²) in [7, 11) is 2.14. The van der Waals surface area contributed by atoms with E-state index in [0.717, 1.165) is 23.8 Å². The summed E-state index contributed by atoms with van der Waals surface area (Å²) < 4.78 is 0. The van der Waals surface area contributed by atoms with Gasteiger partial charge in [-0.15, -0.1) is 0 Å². The lowest BCUT2D eigenvalue weighted by Crippen LogP contribution is -2.28. The Balaban J connectivity index is 2.00. The van der Waals surface area contributed by atoms with Crippen molar-refractivity contribution in [2.24, 2.45) is 11.7 Å². The molecule has 3 heteroatoms. The first kappa shape index (κ1) is 12.4. The minimum absolute atomic E-state index is 0.568. The highest BCUT2D eigenvalue weighted by Crippen LogP contribution is 2.26. The van der Waals surface area contributed by atoms with Crippen LogP contribution in [0.1, 0.15) is 37.7 Å². The fourth-order valence-corrected chi connectivity index (χ4v) is 2.78. The first-order chi connectivity index (χ1) is 8.31. The van der Waals surface area contributed by atoms with Crippen LogP contribution in [-0.2, 0) is 6.54 Å². The van der Waals surface area contributed by atoms with E-state index in [4.69, 9.17) is 5.73 Å². The second-order valence-corrected chi connectivity index (χ2v) is 5.07. The third-order valence-corrected chi connectivity index (χ3v) is 3.71. The van der Waals surface area contributed by atoms with Crippen LogP contribution in [0.15, 0.2) is 18.3 Å². The van der Waals surface area contributed by atoms with Gasteiger partial charge in [0.15, 0.2) is 0 Å². The van der Waals surface area contributed by atoms with Crippen molar-refractivity contribution in [2.45, 2.75) is 38.6 Å². The molecular weight excluding hydrogens is 210 g/mol. The molecule has 1 aliphatic carbocycles. The van der Waals surface area contributed by atoms with Gasteiger partial charge in [-0.1, -0.05) is 25.3 Å². The average Bonchev–Trinajstić information content (AvgIpc) is 2.40. The van der Waals surface area contributed by atoms with E-state index in [0.29, 0.717) is 6.54 Å². The second-order valence-electron chi connectivity index (χ2n) is 5.07. The Morgan fingerprint density at radius 2 is 2.12 bits per heavy atom. The van der Waals surface area contributed by atoms with Crippen molar-refractivity contribution in [1.82, 2.24) is 4.98 Å². The van der Waals surface area contributed by atoms with Crippen molar-refractivity contribution in [3.05, 3.63) is 23.9 Å². The van der Waals surface area contributed by atoms with Gasteiger partial charge in [0, 0.05) is 31.9 Å². The Morgan fingerprint density at radius 1 is 1.35 bits per heavy atom. The van der Waals surface area contributed by atoms with Crippen molar-refractivity contribution < 1.29 is 0 Å². The zero-order valence-electron chi connectivity index (χ0n) is 10.7. The summed E-state index contributed by atoms with van der Waals surface area (Å²) in [6, 6.07) is 4.03. The van der Waals surface area contributed by atoms with E-state index in [9.17, 15) is 0 Å². The van der Waals surface area contributed by atoms with E-state index < -0.39 is 0 Å². The molecule has 2 N–H and O–H groups in total. The topological polar surface area (TPSA) is 42.2 Å². The molecule has 1 aromatic heterocycles. The molecule has 0 aliphatic heterocycles. The maximum absolute atomic E-state index is 5.75. The first-order valence-electron chi connectivity index (χ1n) is 6.66. The van der Waals surface area contributed by atoms with Crippen LogP contribution in [0.4, 0.5) is 5.82 Å². The van der Waals surface area contributed by atoms with Crippen molar-refractivity contribution in [3.8, 4) is 0 Å². The summed E-state index contributed by atoms with van der Waals surface area (Å²) in [6.45, 7) is 1.68. The molecule has 0 radical (unpaired) electrons. The fraction of sp³-hybridized carbons (Fsp3) is 0.643. The third-order valence-electron chi connectivity index (χ3n) is 3.71. The van der Waals surface area contributed by atoms with Gasteiger partial charge >= 0.3 is 0 Å². The van der Waals surface area contributed by atoms with Gasteiger partial charge in [0.1, 0.15) is 5.82 Å². The van der Waals surface area contributed by atoms with E-state index in [-0.39, 0.29) is 0 Å². The molecule has 0 spiro atoms. The Bertz CT molecular complexity index is 345. The zero-order valence-corrected chi connectivity index (χ0v) is 10.7. The number of hydrogen-bond acceptors (Lipinski definition) is 3. The maximum Gasteiger partial charge on any atom is 0.132 e. The molecule has 1 aromatic rings. The van der Waals surface area contributed by atoms with E-state index in [1.54, 1.807) is 0 Å². The average molecular weight is 233 g/mol. The van der Waals surface area contributed by atoms with Crippen LogP contribution in [-0.4, -0.2) is 18.6 Å². The summed E-state index contributed by atoms with van der Waals surface area (Å²) in [4.78, 5) is 6.74. The van der Waals surface area contributed by atoms with Gasteiger partial charge in [0.2, 0.25) is 0 Å². The van der Waals surface area contributed by atoms with E-state index in [1.807, 2.05) is 12.3 Å². The quantitative estimate of drug-likeness (QED) is 0.869. The molecule has 0 amide bonds. The molecule has 17 heavy (non-hydrogen) atoms. The molecule has 0 bridgehead atoms.